The second kappa shape index (κ2) is 14.4. The number of carboxylic acid groups (broad SMARTS) is 3. The summed E-state index contributed by atoms with van der Waals surface area (Å²) in [5.41, 5.74) is 0.625. The van der Waals surface area contributed by atoms with Gasteiger partial charge in [-0.2, -0.15) is 0 Å². The molecule has 0 heterocycles. The van der Waals surface area contributed by atoms with Crippen molar-refractivity contribution in [3.63, 3.8) is 0 Å². The Kier molecular flexibility index (Phi) is 12.0. The van der Waals surface area contributed by atoms with Crippen molar-refractivity contribution in [1.29, 1.82) is 0 Å². The quantitative estimate of drug-likeness (QED) is 0.224. The minimum atomic E-state index is -1.55. The van der Waals surface area contributed by atoms with Crippen LogP contribution in [0.5, 0.6) is 5.75 Å². The number of hydrogen-bond acceptors (Lipinski definition) is 6. The van der Waals surface area contributed by atoms with E-state index >= 15 is 0 Å². The molecule has 0 aliphatic heterocycles. The topological polar surface area (TPSA) is 179 Å². The number of benzene rings is 1. The molecule has 0 spiro atoms. The Morgan fingerprint density at radius 3 is 2.15 bits per heavy atom. The summed E-state index contributed by atoms with van der Waals surface area (Å²) < 4.78 is 5.20. The standard InChI is InChI=1S/C22H30N2O9/c1-2-3-4-11-23-21(30)16(24-18(25)9-10-19(26)27)12-14-5-7-15(8-6-14)33-17(22(31)32)13-20(28)29/h5-8,16-17H,2-4,9-13H2,1H3,(H,23,30)(H,24,25)(H,26,27)(H,28,29)(H,31,32)/t16-,17?/m0/s1. The largest absolute Gasteiger partial charge is 0.481 e. The van der Waals surface area contributed by atoms with Gasteiger partial charge in [-0.3, -0.25) is 19.2 Å². The maximum atomic E-state index is 12.6. The number of amides is 2. The first kappa shape index (κ1) is 27.4. The van der Waals surface area contributed by atoms with Crippen molar-refractivity contribution in [2.24, 2.45) is 0 Å². The van der Waals surface area contributed by atoms with Gasteiger partial charge in [-0.15, -0.1) is 0 Å². The molecule has 11 heteroatoms. The number of carbonyl (C=O) groups is 5. The van der Waals surface area contributed by atoms with Crippen LogP contribution in [0.3, 0.4) is 0 Å². The second-order valence-electron chi connectivity index (χ2n) is 7.40. The average Bonchev–Trinajstić information content (AvgIpc) is 2.75. The zero-order valence-corrected chi connectivity index (χ0v) is 18.4. The first-order chi connectivity index (χ1) is 15.6. The van der Waals surface area contributed by atoms with Crippen LogP contribution in [0, 0.1) is 0 Å². The van der Waals surface area contributed by atoms with Crippen LogP contribution in [0.1, 0.15) is 51.0 Å². The zero-order valence-electron chi connectivity index (χ0n) is 18.4. The number of aliphatic carboxylic acids is 3. The lowest BCUT2D eigenvalue weighted by Gasteiger charge is -2.19. The van der Waals surface area contributed by atoms with E-state index < -0.39 is 48.3 Å². The molecule has 2 atom stereocenters. The molecule has 0 aromatic heterocycles. The van der Waals surface area contributed by atoms with Crippen molar-refractivity contribution in [3.05, 3.63) is 29.8 Å². The molecule has 0 radical (unpaired) electrons. The van der Waals surface area contributed by atoms with Crippen LogP contribution in [0.2, 0.25) is 0 Å². The van der Waals surface area contributed by atoms with E-state index in [0.717, 1.165) is 19.3 Å². The maximum Gasteiger partial charge on any atom is 0.345 e. The SMILES string of the molecule is CCCCCNC(=O)[C@H](Cc1ccc(OC(CC(=O)O)C(=O)O)cc1)NC(=O)CCC(=O)O. The number of carboxylic acids is 3. The van der Waals surface area contributed by atoms with Gasteiger partial charge in [0.1, 0.15) is 11.8 Å². The Morgan fingerprint density at radius 1 is 0.939 bits per heavy atom. The number of nitrogens with one attached hydrogen (secondary N) is 2. The zero-order chi connectivity index (χ0) is 24.8. The fourth-order valence-corrected chi connectivity index (χ4v) is 2.85. The number of hydrogen-bond donors (Lipinski definition) is 5. The Hall–Kier alpha value is -3.63. The van der Waals surface area contributed by atoms with Crippen molar-refractivity contribution in [2.75, 3.05) is 6.54 Å². The third kappa shape index (κ3) is 11.5. The van der Waals surface area contributed by atoms with Gasteiger partial charge in [0.15, 0.2) is 0 Å². The van der Waals surface area contributed by atoms with Crippen molar-refractivity contribution in [1.82, 2.24) is 10.6 Å². The minimum Gasteiger partial charge on any atom is -0.481 e. The summed E-state index contributed by atoms with van der Waals surface area (Å²) in [6.45, 7) is 2.47. The van der Waals surface area contributed by atoms with Crippen LogP contribution < -0.4 is 15.4 Å². The lowest BCUT2D eigenvalue weighted by atomic mass is 10.0. The number of carbonyl (C=O) groups excluding carboxylic acids is 2. The van der Waals surface area contributed by atoms with E-state index in [2.05, 4.69) is 10.6 Å². The second-order valence-corrected chi connectivity index (χ2v) is 7.40. The van der Waals surface area contributed by atoms with Gasteiger partial charge in [0.25, 0.3) is 0 Å². The molecule has 0 aliphatic rings. The van der Waals surface area contributed by atoms with Crippen molar-refractivity contribution in [2.45, 2.75) is 64.0 Å². The molecule has 0 saturated carbocycles. The van der Waals surface area contributed by atoms with E-state index in [0.29, 0.717) is 12.1 Å². The smallest absolute Gasteiger partial charge is 0.345 e. The summed E-state index contributed by atoms with van der Waals surface area (Å²) in [7, 11) is 0. The van der Waals surface area contributed by atoms with E-state index in [1.807, 2.05) is 6.92 Å². The molecule has 11 nitrogen and oxygen atoms in total. The molecule has 0 aliphatic carbocycles. The van der Waals surface area contributed by atoms with Gasteiger partial charge in [-0.1, -0.05) is 31.9 Å². The maximum absolute atomic E-state index is 12.6. The molecule has 1 aromatic carbocycles. The molecule has 1 unspecified atom stereocenters. The molecule has 5 N–H and O–H groups in total. The Bertz CT molecular complexity index is 824. The number of ether oxygens (including phenoxy) is 1. The third-order valence-corrected chi connectivity index (χ3v) is 4.57. The summed E-state index contributed by atoms with van der Waals surface area (Å²) in [5.74, 6) is -4.68. The molecule has 1 rings (SSSR count). The molecular formula is C22H30N2O9. The summed E-state index contributed by atoms with van der Waals surface area (Å²) >= 11 is 0. The van der Waals surface area contributed by atoms with Crippen molar-refractivity contribution in [3.8, 4) is 5.75 Å². The van der Waals surface area contributed by atoms with E-state index in [1.54, 1.807) is 12.1 Å². The highest BCUT2D eigenvalue weighted by Gasteiger charge is 2.24. The van der Waals surface area contributed by atoms with E-state index in [1.165, 1.54) is 12.1 Å². The summed E-state index contributed by atoms with van der Waals surface area (Å²) in [6, 6.07) is 5.08. The van der Waals surface area contributed by atoms with Gasteiger partial charge in [-0.05, 0) is 24.1 Å². The number of rotatable bonds is 16. The molecule has 0 saturated heterocycles. The molecule has 2 amide bonds. The Labute approximate surface area is 191 Å². The lowest BCUT2D eigenvalue weighted by molar-refractivity contribution is -0.151. The predicted molar refractivity (Wildman–Crippen MR) is 116 cm³/mol. The molecule has 0 bridgehead atoms. The monoisotopic (exact) mass is 466 g/mol. The van der Waals surface area contributed by atoms with E-state index in [-0.39, 0.29) is 25.0 Å². The van der Waals surface area contributed by atoms with Crippen molar-refractivity contribution >= 4 is 29.7 Å². The van der Waals surface area contributed by atoms with Crippen LogP contribution in [0.15, 0.2) is 24.3 Å². The van der Waals surface area contributed by atoms with E-state index in [4.69, 9.17) is 20.1 Å². The van der Waals surface area contributed by atoms with Gasteiger partial charge in [-0.25, -0.2) is 4.79 Å². The molecule has 0 fully saturated rings. The van der Waals surface area contributed by atoms with Gasteiger partial charge in [0.2, 0.25) is 17.9 Å². The van der Waals surface area contributed by atoms with Crippen LogP contribution in [0.4, 0.5) is 0 Å². The fraction of sp³-hybridized carbons (Fsp3) is 0.500. The van der Waals surface area contributed by atoms with Crippen LogP contribution in [-0.4, -0.2) is 63.7 Å². The van der Waals surface area contributed by atoms with Crippen LogP contribution in [0.25, 0.3) is 0 Å². The predicted octanol–water partition coefficient (Wildman–Crippen LogP) is 1.19. The van der Waals surface area contributed by atoms with Crippen LogP contribution in [-0.2, 0) is 30.4 Å². The Balaban J connectivity index is 2.84. The molecule has 1 aromatic rings. The molecule has 33 heavy (non-hydrogen) atoms. The normalized spacial score (nSPS) is 12.3. The van der Waals surface area contributed by atoms with Crippen molar-refractivity contribution < 1.29 is 44.0 Å². The summed E-state index contributed by atoms with van der Waals surface area (Å²) in [4.78, 5) is 57.3. The summed E-state index contributed by atoms with van der Waals surface area (Å²) in [6.07, 6.45) is -0.0641. The average molecular weight is 466 g/mol. The summed E-state index contributed by atoms with van der Waals surface area (Å²) in [5, 5.41) is 31.9. The first-order valence-corrected chi connectivity index (χ1v) is 10.6. The minimum absolute atomic E-state index is 0.107. The highest BCUT2D eigenvalue weighted by Crippen LogP contribution is 2.17. The third-order valence-electron chi connectivity index (χ3n) is 4.57. The van der Waals surface area contributed by atoms with Gasteiger partial charge in [0.05, 0.1) is 12.8 Å². The van der Waals surface area contributed by atoms with Gasteiger partial charge in [0, 0.05) is 19.4 Å². The molecule has 182 valence electrons. The molecular weight excluding hydrogens is 436 g/mol. The number of unbranched alkanes of at least 4 members (excludes halogenated alkanes) is 2. The van der Waals surface area contributed by atoms with Gasteiger partial charge >= 0.3 is 17.9 Å². The first-order valence-electron chi connectivity index (χ1n) is 10.6. The van der Waals surface area contributed by atoms with E-state index in [9.17, 15) is 24.0 Å². The lowest BCUT2D eigenvalue weighted by Crippen LogP contribution is -2.48. The highest BCUT2D eigenvalue weighted by atomic mass is 16.5. The Morgan fingerprint density at radius 2 is 1.61 bits per heavy atom. The van der Waals surface area contributed by atoms with Crippen LogP contribution >= 0.6 is 0 Å². The van der Waals surface area contributed by atoms with Gasteiger partial charge < -0.3 is 30.7 Å². The fourth-order valence-electron chi connectivity index (χ4n) is 2.85. The highest BCUT2D eigenvalue weighted by molar-refractivity contribution is 5.88.